The molecule has 2 aliphatic carbocycles. The van der Waals surface area contributed by atoms with Gasteiger partial charge < -0.3 is 64.4 Å². The highest BCUT2D eigenvalue weighted by molar-refractivity contribution is 9.11. The van der Waals surface area contributed by atoms with Gasteiger partial charge in [-0.05, 0) is 207 Å². The molecule has 19 nitrogen and oxygen atoms in total. The van der Waals surface area contributed by atoms with Gasteiger partial charge in [0.15, 0.2) is 5.11 Å². The molecule has 7 aromatic carbocycles. The van der Waals surface area contributed by atoms with E-state index in [1.54, 1.807) is 37.0 Å². The van der Waals surface area contributed by atoms with Crippen molar-refractivity contribution in [3.05, 3.63) is 231 Å². The van der Waals surface area contributed by atoms with E-state index in [1.807, 2.05) is 72.5 Å². The number of carbonyl (C=O) groups excluding carboxylic acids is 4. The maximum Gasteiger partial charge on any atom is 0.410 e. The van der Waals surface area contributed by atoms with Gasteiger partial charge >= 0.3 is 6.09 Å². The number of halogens is 5. The SMILES string of the molecule is CC(=O)N1CCN(C(=O)C2Cc3c([nH]c4ccc(Br)cc34)C(c3ccc(Br)cc3)N2)CC1.CCOC(=O)N1CCc2[nH]c3ccc(Br)cc3c2C1.COc1ccc(C2NC(C(=O)NC3CCCCC3)Cc3c2[nH]c2ccc(Br)cc32)cc1.COc1ccc(C2c3[nH]c4ccc(F)cc4c3CCN2C(=S)NC2CCCCC2)cc1. The first kappa shape index (κ1) is 79.7. The van der Waals surface area contributed by atoms with Gasteiger partial charge in [-0.3, -0.25) is 25.0 Å². The van der Waals surface area contributed by atoms with Crippen LogP contribution in [0.2, 0.25) is 0 Å². The normalized spacial score (nSPS) is 19.6. The maximum absolute atomic E-state index is 14.0. The molecule has 0 radical (unpaired) electrons. The third-order valence-electron chi connectivity index (χ3n) is 23.4. The van der Waals surface area contributed by atoms with E-state index in [4.69, 9.17) is 26.4 Å². The summed E-state index contributed by atoms with van der Waals surface area (Å²) in [6.07, 6.45) is 14.8. The fraction of sp³-hybridized carbons (Fsp3) is 0.375. The third kappa shape index (κ3) is 17.8. The lowest BCUT2D eigenvalue weighted by Gasteiger charge is -2.39. The van der Waals surface area contributed by atoms with Crippen molar-refractivity contribution >= 4 is 148 Å². The number of H-pyrrole nitrogens is 4. The lowest BCUT2D eigenvalue weighted by Crippen LogP contribution is -2.56. The van der Waals surface area contributed by atoms with Gasteiger partial charge in [-0.1, -0.05) is 139 Å². The molecule has 5 atom stereocenters. The van der Waals surface area contributed by atoms with Crippen LogP contribution < -0.4 is 30.7 Å². The molecule has 590 valence electrons. The number of carbonyl (C=O) groups is 4. The van der Waals surface area contributed by atoms with Crippen molar-refractivity contribution in [1.82, 2.24) is 60.8 Å². The van der Waals surface area contributed by atoms with Crippen LogP contribution in [0.3, 0.4) is 0 Å². The topological polar surface area (TPSA) is 220 Å². The molecule has 1 saturated heterocycles. The molecule has 2 saturated carbocycles. The standard InChI is InChI=1S/C25H28BrN3O2.C25H28FN3OS.C24H24Br2N4O2.C14H15BrN2O2/c1-31-18-10-7-15(8-11-18)23-24-20(19-13-16(26)9-12-21(19)28-24)14-22(29-23)25(30)27-17-5-3-2-4-6-17;1-30-19-10-7-16(8-11-19)24-23-20(21-15-17(26)9-12-22(21)28-23)13-14-29(24)25(31)27-18-5-3-2-4-6-18;1-14(31)29-8-10-30(11-9-29)24(32)21-13-19-18-12-17(26)6-7-20(18)27-23(19)22(28-21)15-2-4-16(25)5-3-15;1-2-19-14(18)17-6-5-13-11(8-17)10-7-9(15)3-4-12(10)16-13/h7-13,17,22-23,28-29H,2-6,14H2,1H3,(H,27,30);7-12,15,18,24,28H,2-6,13-14H2,1H3,(H,27,31);2-7,12,21-22,27-28H,8-11,13H2,1H3;3-4,7,16H,2,5-6,8H2,1H3. The number of fused-ring (bicyclic) bond motifs is 12. The smallest absolute Gasteiger partial charge is 0.410 e. The number of ether oxygens (including phenoxy) is 3. The average molecular weight is 1800 g/mol. The number of methoxy groups -OCH3 is 2. The Morgan fingerprint density at radius 1 is 0.496 bits per heavy atom. The van der Waals surface area contributed by atoms with E-state index in [1.165, 1.54) is 96.2 Å². The highest BCUT2D eigenvalue weighted by atomic mass is 79.9. The molecule has 8 N–H and O–H groups in total. The van der Waals surface area contributed by atoms with Crippen LogP contribution in [0.15, 0.2) is 163 Å². The quantitative estimate of drug-likeness (QED) is 0.0600. The molecular formula is C88H95Br4FN12O7S. The second kappa shape index (κ2) is 35.7. The number of rotatable bonds is 10. The molecule has 7 aliphatic rings. The van der Waals surface area contributed by atoms with Crippen molar-refractivity contribution < 1.29 is 37.8 Å². The molecule has 18 rings (SSSR count). The molecule has 9 heterocycles. The molecule has 25 heteroatoms. The number of hydrogen-bond donors (Lipinski definition) is 8. The van der Waals surface area contributed by atoms with Crippen LogP contribution in [0.25, 0.3) is 43.6 Å². The van der Waals surface area contributed by atoms with E-state index in [0.29, 0.717) is 70.8 Å². The zero-order valence-electron chi connectivity index (χ0n) is 63.9. The lowest BCUT2D eigenvalue weighted by atomic mass is 9.89. The molecule has 0 spiro atoms. The zero-order valence-corrected chi connectivity index (χ0v) is 71.1. The van der Waals surface area contributed by atoms with Crippen molar-refractivity contribution in [3.8, 4) is 11.5 Å². The van der Waals surface area contributed by atoms with Crippen molar-refractivity contribution in [2.24, 2.45) is 0 Å². The fourth-order valence-electron chi connectivity index (χ4n) is 17.5. The van der Waals surface area contributed by atoms with E-state index in [0.717, 1.165) is 133 Å². The van der Waals surface area contributed by atoms with Gasteiger partial charge in [0.25, 0.3) is 0 Å². The first-order valence-corrected chi connectivity index (χ1v) is 43.0. The Labute approximate surface area is 696 Å². The Balaban J connectivity index is 0.000000121. The van der Waals surface area contributed by atoms with Gasteiger partial charge in [0.05, 0.1) is 57.6 Å². The highest BCUT2D eigenvalue weighted by Gasteiger charge is 2.40. The summed E-state index contributed by atoms with van der Waals surface area (Å²) in [5, 5.41) is 19.5. The summed E-state index contributed by atoms with van der Waals surface area (Å²) in [6, 6.07) is 48.1. The Morgan fingerprint density at radius 3 is 1.51 bits per heavy atom. The van der Waals surface area contributed by atoms with Crippen LogP contribution in [-0.4, -0.2) is 153 Å². The molecule has 11 aromatic rings. The molecule has 5 aliphatic heterocycles. The average Bonchev–Trinajstić information content (AvgIpc) is 1.68. The van der Waals surface area contributed by atoms with E-state index < -0.39 is 0 Å². The summed E-state index contributed by atoms with van der Waals surface area (Å²) in [5.41, 5.74) is 17.0. The Hall–Kier alpha value is -8.56. The van der Waals surface area contributed by atoms with Crippen molar-refractivity contribution in [2.45, 2.75) is 153 Å². The van der Waals surface area contributed by atoms with Crippen molar-refractivity contribution in [1.29, 1.82) is 0 Å². The maximum atomic E-state index is 14.0. The van der Waals surface area contributed by atoms with Gasteiger partial charge in [-0.2, -0.15) is 0 Å². The number of aromatic amines is 4. The van der Waals surface area contributed by atoms with E-state index in [2.05, 4.69) is 183 Å². The van der Waals surface area contributed by atoms with E-state index >= 15 is 0 Å². The van der Waals surface area contributed by atoms with Gasteiger partial charge in [0, 0.05) is 155 Å². The van der Waals surface area contributed by atoms with Gasteiger partial charge in [0.2, 0.25) is 17.7 Å². The van der Waals surface area contributed by atoms with Gasteiger partial charge in [-0.15, -0.1) is 0 Å². The minimum absolute atomic E-state index is 0.0475. The Kier molecular flexibility index (Phi) is 25.1. The van der Waals surface area contributed by atoms with Crippen LogP contribution in [0.1, 0.15) is 158 Å². The second-order valence-electron chi connectivity index (χ2n) is 30.4. The van der Waals surface area contributed by atoms with Crippen LogP contribution in [0, 0.1) is 5.82 Å². The predicted octanol–water partition coefficient (Wildman–Crippen LogP) is 17.9. The van der Waals surface area contributed by atoms with Crippen LogP contribution in [0.4, 0.5) is 9.18 Å². The summed E-state index contributed by atoms with van der Waals surface area (Å²) in [5.74, 6) is 1.73. The monoisotopic (exact) mass is 1800 g/mol. The summed E-state index contributed by atoms with van der Waals surface area (Å²) in [4.78, 5) is 72.3. The number of thiocarbonyl (C=S) groups is 1. The number of nitrogens with one attached hydrogen (secondary N) is 8. The molecule has 4 amide bonds. The Bertz CT molecular complexity index is 5280. The van der Waals surface area contributed by atoms with Crippen LogP contribution >= 0.6 is 75.9 Å². The molecule has 3 fully saturated rings. The molecule has 0 bridgehead atoms. The predicted molar refractivity (Wildman–Crippen MR) is 461 cm³/mol. The first-order valence-electron chi connectivity index (χ1n) is 39.4. The summed E-state index contributed by atoms with van der Waals surface area (Å²) < 4.78 is 33.9. The number of hydrogen-bond acceptors (Lipinski definition) is 10. The van der Waals surface area contributed by atoms with E-state index in [-0.39, 0.29) is 59.8 Å². The van der Waals surface area contributed by atoms with Crippen LogP contribution in [0.5, 0.6) is 11.5 Å². The van der Waals surface area contributed by atoms with E-state index in [9.17, 15) is 23.6 Å². The lowest BCUT2D eigenvalue weighted by molar-refractivity contribution is -0.140. The largest absolute Gasteiger partial charge is 0.497 e. The molecule has 113 heavy (non-hydrogen) atoms. The molecule has 5 unspecified atom stereocenters. The minimum Gasteiger partial charge on any atom is -0.497 e. The van der Waals surface area contributed by atoms with Crippen molar-refractivity contribution in [2.75, 3.05) is 60.1 Å². The Morgan fingerprint density at radius 2 is 0.965 bits per heavy atom. The second-order valence-corrected chi connectivity index (χ2v) is 34.4. The highest BCUT2D eigenvalue weighted by Crippen LogP contribution is 2.43. The minimum atomic E-state index is -0.321. The molecular weight excluding hydrogens is 1710 g/mol. The van der Waals surface area contributed by atoms with Gasteiger partial charge in [-0.25, -0.2) is 9.18 Å². The number of benzene rings is 7. The summed E-state index contributed by atoms with van der Waals surface area (Å²) in [6.45, 7) is 8.29. The number of amides is 4. The number of aromatic nitrogens is 4. The fourth-order valence-corrected chi connectivity index (χ4v) is 19.2. The number of nitrogens with zero attached hydrogens (tertiary/aromatic N) is 4. The zero-order chi connectivity index (χ0) is 78.6. The van der Waals surface area contributed by atoms with Crippen molar-refractivity contribution in [3.63, 3.8) is 0 Å². The molecule has 4 aromatic heterocycles. The van der Waals surface area contributed by atoms with Gasteiger partial charge in [0.1, 0.15) is 17.3 Å². The number of piperazine rings is 1. The summed E-state index contributed by atoms with van der Waals surface area (Å²) in [7, 11) is 3.35. The van der Waals surface area contributed by atoms with Crippen LogP contribution in [-0.2, 0) is 51.3 Å². The summed E-state index contributed by atoms with van der Waals surface area (Å²) >= 11 is 20.1. The third-order valence-corrected chi connectivity index (χ3v) is 25.7. The first-order chi connectivity index (χ1) is 54.8.